The number of hydrogen-bond acceptors (Lipinski definition) is 13. The molecule has 66 heavy (non-hydrogen) atoms. The Morgan fingerprint density at radius 2 is 0.727 bits per heavy atom. The minimum absolute atomic E-state index is 0. The first kappa shape index (κ1) is 66.1. The van der Waals surface area contributed by atoms with Crippen molar-refractivity contribution in [3.8, 4) is 0 Å². The molecule has 7 rings (SSSR count). The second kappa shape index (κ2) is 38.7. The molecule has 0 amide bonds. The summed E-state index contributed by atoms with van der Waals surface area (Å²) in [4.78, 5) is 17.1. The van der Waals surface area contributed by atoms with E-state index < -0.39 is 20.6 Å². The van der Waals surface area contributed by atoms with Crippen LogP contribution < -0.4 is 5.32 Å². The predicted octanol–water partition coefficient (Wildman–Crippen LogP) is 7.06. The Kier molecular flexibility index (Phi) is 38.8. The van der Waals surface area contributed by atoms with E-state index in [2.05, 4.69) is 148 Å². The molecular formula is C51H112N8O4S3. The maximum Gasteiger partial charge on any atom is 0.152 e. The number of hydrogen-bond donors (Lipinski definition) is 1. The van der Waals surface area contributed by atoms with Crippen LogP contribution in [-0.2, 0) is 25.4 Å². The normalized spacial score (nSPS) is 23.2. The van der Waals surface area contributed by atoms with Crippen LogP contribution in [0.25, 0.3) is 0 Å². The average Bonchev–Trinajstić information content (AvgIpc) is 3.85. The van der Waals surface area contributed by atoms with Crippen LogP contribution >= 0.6 is 11.8 Å². The smallest absolute Gasteiger partial charge is 0.152 e. The summed E-state index contributed by atoms with van der Waals surface area (Å²) in [5.74, 6) is 5.09. The van der Waals surface area contributed by atoms with Gasteiger partial charge in [-0.1, -0.05) is 13.8 Å². The minimum atomic E-state index is -2.69. The molecule has 0 aliphatic carbocycles. The highest BCUT2D eigenvalue weighted by Gasteiger charge is 2.23. The Bertz CT molecular complexity index is 1140. The van der Waals surface area contributed by atoms with Gasteiger partial charge in [0.05, 0.1) is 24.7 Å². The van der Waals surface area contributed by atoms with Crippen LogP contribution in [0.5, 0.6) is 0 Å². The number of morpholine rings is 1. The monoisotopic (exact) mass is 997 g/mol. The molecule has 0 saturated carbocycles. The van der Waals surface area contributed by atoms with Crippen molar-refractivity contribution in [3.63, 3.8) is 0 Å². The summed E-state index contributed by atoms with van der Waals surface area (Å²) in [6, 6.07) is 4.82. The van der Waals surface area contributed by atoms with Gasteiger partial charge in [-0.25, -0.2) is 8.42 Å². The molecule has 7 fully saturated rings. The van der Waals surface area contributed by atoms with Crippen LogP contribution in [0.15, 0.2) is 0 Å². The molecule has 0 aromatic rings. The molecule has 7 aliphatic heterocycles. The Morgan fingerprint density at radius 3 is 1.05 bits per heavy atom. The molecule has 0 spiro atoms. The summed E-state index contributed by atoms with van der Waals surface area (Å²) in [6.07, 6.45) is 7.11. The largest absolute Gasteiger partial charge is 0.379 e. The highest BCUT2D eigenvalue weighted by molar-refractivity contribution is 7.99. The summed E-state index contributed by atoms with van der Waals surface area (Å²) in [6.45, 7) is 51.4. The molecule has 0 atom stereocenters. The molecule has 398 valence electrons. The molecule has 7 heterocycles. The molecule has 7 aliphatic rings. The van der Waals surface area contributed by atoms with Gasteiger partial charge in [0.2, 0.25) is 0 Å². The first-order valence-corrected chi connectivity index (χ1v) is 30.8. The van der Waals surface area contributed by atoms with E-state index in [-0.39, 0.29) is 7.43 Å². The number of nitrogens with zero attached hydrogens (tertiary/aromatic N) is 7. The van der Waals surface area contributed by atoms with Gasteiger partial charge in [0.15, 0.2) is 9.84 Å². The average molecular weight is 998 g/mol. The fraction of sp³-hybridized carbons (Fsp3) is 1.00. The van der Waals surface area contributed by atoms with E-state index in [0.29, 0.717) is 42.7 Å². The molecule has 1 N–H and O–H groups in total. The third-order valence-corrected chi connectivity index (χ3v) is 17.3. The Balaban J connectivity index is 0.000000746. The molecule has 12 nitrogen and oxygen atoms in total. The standard InChI is InChI=1S/C8H17N.C7H16N2.C7H15NO2S.C7H15NOS.C7H15NO.C7H15NS.C7H15N.CH4/c1-8(2)9-6-4-3-5-7-9;1-7(2)9-5-3-8-4-6-9;1-7(2)8-3-5-11(9,10)6-4-8;1-7(2)8-3-5-10(9)6-4-8;2*1-7(2)8-3-5-9-6-4-8;1-7(2)8-5-3-4-6-8;/h8H,3-7H2,1-2H3;7-8H,3-6H2,1-2H3;7H,3-6H2,1-2H3;7H,3-6H2,1-2H3;2*7H,3-6H2,1-2H3;7H,3-6H2,1-2H3;1H4. The van der Waals surface area contributed by atoms with Gasteiger partial charge >= 0.3 is 0 Å². The number of piperidine rings is 1. The van der Waals surface area contributed by atoms with Crippen molar-refractivity contribution in [2.24, 2.45) is 0 Å². The first-order valence-electron chi connectivity index (χ1n) is 26.3. The van der Waals surface area contributed by atoms with Crippen LogP contribution in [0.1, 0.15) is 136 Å². The third kappa shape index (κ3) is 32.1. The third-order valence-electron chi connectivity index (χ3n) is 13.5. The molecule has 0 radical (unpaired) electrons. The summed E-state index contributed by atoms with van der Waals surface area (Å²) in [7, 11) is -3.21. The highest BCUT2D eigenvalue weighted by atomic mass is 32.2. The van der Waals surface area contributed by atoms with Gasteiger partial charge < -0.3 is 19.9 Å². The Labute approximate surface area is 418 Å². The molecule has 0 aromatic heterocycles. The molecule has 15 heteroatoms. The van der Waals surface area contributed by atoms with Crippen LogP contribution in [0, 0.1) is 0 Å². The fourth-order valence-corrected chi connectivity index (χ4v) is 11.7. The second-order valence-electron chi connectivity index (χ2n) is 20.7. The highest BCUT2D eigenvalue weighted by Crippen LogP contribution is 2.13. The topological polar surface area (TPSA) is 95.1 Å². The minimum Gasteiger partial charge on any atom is -0.379 e. The van der Waals surface area contributed by atoms with Crippen molar-refractivity contribution in [1.29, 1.82) is 0 Å². The van der Waals surface area contributed by atoms with Gasteiger partial charge in [0, 0.05) is 155 Å². The Morgan fingerprint density at radius 1 is 0.424 bits per heavy atom. The van der Waals surface area contributed by atoms with Gasteiger partial charge in [-0.15, -0.1) is 0 Å². The Hall–Kier alpha value is 0.0900. The van der Waals surface area contributed by atoms with Crippen LogP contribution in [0.3, 0.4) is 0 Å². The van der Waals surface area contributed by atoms with Crippen LogP contribution in [-0.4, -0.2) is 242 Å². The van der Waals surface area contributed by atoms with E-state index in [9.17, 15) is 12.6 Å². The van der Waals surface area contributed by atoms with Gasteiger partial charge in [0.1, 0.15) is 0 Å². The fourth-order valence-electron chi connectivity index (χ4n) is 8.49. The van der Waals surface area contributed by atoms with Crippen molar-refractivity contribution >= 4 is 32.4 Å². The maximum atomic E-state index is 11.0. The zero-order chi connectivity index (χ0) is 48.8. The van der Waals surface area contributed by atoms with Crippen LogP contribution in [0.4, 0.5) is 0 Å². The summed E-state index contributed by atoms with van der Waals surface area (Å²) < 4.78 is 38.1. The van der Waals surface area contributed by atoms with Gasteiger partial charge in [-0.3, -0.25) is 28.7 Å². The zero-order valence-corrected chi connectivity index (χ0v) is 47.5. The van der Waals surface area contributed by atoms with E-state index in [0.717, 1.165) is 88.2 Å². The van der Waals surface area contributed by atoms with Crippen molar-refractivity contribution in [2.75, 3.05) is 152 Å². The number of ether oxygens (including phenoxy) is 1. The molecule has 7 saturated heterocycles. The van der Waals surface area contributed by atoms with Crippen molar-refractivity contribution in [2.45, 2.75) is 179 Å². The van der Waals surface area contributed by atoms with Gasteiger partial charge in [-0.05, 0) is 149 Å². The van der Waals surface area contributed by atoms with E-state index in [1.807, 2.05) is 0 Å². The molecule has 0 unspecified atom stereocenters. The number of rotatable bonds is 7. The number of sulfone groups is 1. The van der Waals surface area contributed by atoms with Crippen molar-refractivity contribution in [3.05, 3.63) is 0 Å². The van der Waals surface area contributed by atoms with Gasteiger partial charge in [0.25, 0.3) is 0 Å². The molecular weight excluding hydrogens is 885 g/mol. The van der Waals surface area contributed by atoms with Gasteiger partial charge in [-0.2, -0.15) is 11.8 Å². The number of thioether (sulfide) groups is 1. The van der Waals surface area contributed by atoms with E-state index >= 15 is 0 Å². The van der Waals surface area contributed by atoms with E-state index in [1.165, 1.54) is 96.0 Å². The number of piperazine rings is 1. The molecule has 0 aromatic carbocycles. The quantitative estimate of drug-likeness (QED) is 0.283. The van der Waals surface area contributed by atoms with Crippen molar-refractivity contribution < 1.29 is 17.4 Å². The lowest BCUT2D eigenvalue weighted by Gasteiger charge is -2.30. The zero-order valence-electron chi connectivity index (χ0n) is 45.0. The lowest BCUT2D eigenvalue weighted by molar-refractivity contribution is 0.0238. The number of nitrogens with one attached hydrogen (secondary N) is 1. The number of likely N-dealkylation sites (tertiary alicyclic amines) is 2. The van der Waals surface area contributed by atoms with Crippen LogP contribution in [0.2, 0.25) is 0 Å². The summed E-state index contributed by atoms with van der Waals surface area (Å²) >= 11 is 2.07. The summed E-state index contributed by atoms with van der Waals surface area (Å²) in [5.41, 5.74) is 0. The lowest BCUT2D eigenvalue weighted by atomic mass is 10.1. The maximum absolute atomic E-state index is 11.0. The van der Waals surface area contributed by atoms with E-state index in [1.54, 1.807) is 0 Å². The lowest BCUT2D eigenvalue weighted by Crippen LogP contribution is -2.46. The van der Waals surface area contributed by atoms with E-state index in [4.69, 9.17) is 4.74 Å². The SMILES string of the molecule is C.CC(C)N1CCCC1.CC(C)N1CCCCC1.CC(C)N1CCNCC1.CC(C)N1CCOCC1.CC(C)N1CCS(=O)(=O)CC1.CC(C)N1CCS(=O)CC1.CC(C)N1CCSCC1. The predicted molar refractivity (Wildman–Crippen MR) is 294 cm³/mol. The summed E-state index contributed by atoms with van der Waals surface area (Å²) in [5, 5.41) is 3.33. The molecule has 0 bridgehead atoms. The van der Waals surface area contributed by atoms with Crippen molar-refractivity contribution in [1.82, 2.24) is 39.6 Å². The second-order valence-corrected chi connectivity index (χ2v) is 25.9. The first-order chi connectivity index (χ1) is 30.7.